The number of hydrogen-bond donors (Lipinski definition) is 2. The van der Waals surface area contributed by atoms with E-state index < -0.39 is 0 Å². The van der Waals surface area contributed by atoms with Crippen molar-refractivity contribution in [2.75, 3.05) is 14.2 Å². The average molecular weight is 289 g/mol. The Balaban J connectivity index is 2.14. The van der Waals surface area contributed by atoms with Crippen LogP contribution < -0.4 is 14.8 Å². The third-order valence-corrected chi connectivity index (χ3v) is 3.62. The molecule has 5 heteroatoms. The summed E-state index contributed by atoms with van der Waals surface area (Å²) in [6, 6.07) is 6.36. The summed E-state index contributed by atoms with van der Waals surface area (Å²) in [4.78, 5) is 7.50. The molecule has 2 unspecified atom stereocenters. The van der Waals surface area contributed by atoms with Crippen molar-refractivity contribution in [1.29, 1.82) is 0 Å². The molecule has 5 nitrogen and oxygen atoms in total. The lowest BCUT2D eigenvalue weighted by atomic mass is 10.1. The minimum Gasteiger partial charge on any atom is -0.493 e. The van der Waals surface area contributed by atoms with Crippen molar-refractivity contribution < 1.29 is 9.47 Å². The first kappa shape index (κ1) is 15.4. The molecule has 0 saturated heterocycles. The predicted molar refractivity (Wildman–Crippen MR) is 82.7 cm³/mol. The van der Waals surface area contributed by atoms with Crippen LogP contribution in [0.3, 0.4) is 0 Å². The fraction of sp³-hybridized carbons (Fsp3) is 0.438. The van der Waals surface area contributed by atoms with E-state index in [1.807, 2.05) is 24.4 Å². The van der Waals surface area contributed by atoms with Crippen LogP contribution in [-0.4, -0.2) is 24.2 Å². The van der Waals surface area contributed by atoms with Gasteiger partial charge in [0.05, 0.1) is 20.3 Å². The topological polar surface area (TPSA) is 59.2 Å². The Morgan fingerprint density at radius 2 is 2.00 bits per heavy atom. The van der Waals surface area contributed by atoms with Gasteiger partial charge >= 0.3 is 0 Å². The molecule has 0 fully saturated rings. The van der Waals surface area contributed by atoms with Gasteiger partial charge in [0.2, 0.25) is 0 Å². The molecule has 1 heterocycles. The van der Waals surface area contributed by atoms with Crippen LogP contribution in [0.15, 0.2) is 30.6 Å². The fourth-order valence-corrected chi connectivity index (χ4v) is 2.38. The number of H-pyrrole nitrogens is 1. The van der Waals surface area contributed by atoms with Crippen molar-refractivity contribution in [2.24, 2.45) is 0 Å². The monoisotopic (exact) mass is 289 g/mol. The zero-order valence-electron chi connectivity index (χ0n) is 13.0. The van der Waals surface area contributed by atoms with E-state index in [-0.39, 0.29) is 12.1 Å². The quantitative estimate of drug-likeness (QED) is 0.821. The summed E-state index contributed by atoms with van der Waals surface area (Å²) in [7, 11) is 3.29. The van der Waals surface area contributed by atoms with Crippen LogP contribution in [0.5, 0.6) is 11.5 Å². The Hall–Kier alpha value is -2.01. The maximum absolute atomic E-state index is 5.36. The Morgan fingerprint density at radius 1 is 1.24 bits per heavy atom. The van der Waals surface area contributed by atoms with Crippen molar-refractivity contribution in [3.8, 4) is 11.5 Å². The molecular formula is C16H23N3O2. The number of rotatable bonds is 7. The molecule has 0 aliphatic carbocycles. The van der Waals surface area contributed by atoms with Gasteiger partial charge in [-0.1, -0.05) is 13.0 Å². The van der Waals surface area contributed by atoms with E-state index in [4.69, 9.17) is 9.47 Å². The minimum atomic E-state index is 0.180. The van der Waals surface area contributed by atoms with Crippen LogP contribution in [0.1, 0.15) is 43.7 Å². The van der Waals surface area contributed by atoms with Gasteiger partial charge in [-0.3, -0.25) is 0 Å². The molecule has 0 radical (unpaired) electrons. The Kier molecular flexibility index (Phi) is 5.22. The van der Waals surface area contributed by atoms with Crippen molar-refractivity contribution in [1.82, 2.24) is 15.3 Å². The normalized spacial score (nSPS) is 13.7. The van der Waals surface area contributed by atoms with Crippen molar-refractivity contribution in [3.05, 3.63) is 42.0 Å². The molecule has 0 aliphatic heterocycles. The molecule has 21 heavy (non-hydrogen) atoms. The number of aromatic nitrogens is 2. The number of nitrogens with zero attached hydrogens (tertiary/aromatic N) is 1. The van der Waals surface area contributed by atoms with Gasteiger partial charge in [-0.25, -0.2) is 4.98 Å². The maximum atomic E-state index is 5.36. The van der Waals surface area contributed by atoms with Gasteiger partial charge in [-0.15, -0.1) is 0 Å². The first-order valence-corrected chi connectivity index (χ1v) is 7.16. The van der Waals surface area contributed by atoms with E-state index in [2.05, 4.69) is 29.1 Å². The van der Waals surface area contributed by atoms with Gasteiger partial charge in [0.15, 0.2) is 11.5 Å². The maximum Gasteiger partial charge on any atom is 0.161 e. The summed E-state index contributed by atoms with van der Waals surface area (Å²) in [5.41, 5.74) is 1.15. The van der Waals surface area contributed by atoms with E-state index in [9.17, 15) is 0 Å². The summed E-state index contributed by atoms with van der Waals surface area (Å²) < 4.78 is 10.6. The third-order valence-electron chi connectivity index (χ3n) is 3.62. The van der Waals surface area contributed by atoms with Gasteiger partial charge in [-0.2, -0.15) is 0 Å². The first-order valence-electron chi connectivity index (χ1n) is 7.16. The highest BCUT2D eigenvalue weighted by molar-refractivity contribution is 5.43. The molecule has 1 aromatic carbocycles. The number of imidazole rings is 1. The average Bonchev–Trinajstić information content (AvgIpc) is 3.05. The third kappa shape index (κ3) is 3.55. The Labute approximate surface area is 125 Å². The number of methoxy groups -OCH3 is 2. The number of nitrogens with one attached hydrogen (secondary N) is 2. The lowest BCUT2D eigenvalue weighted by Crippen LogP contribution is -2.25. The second-order valence-corrected chi connectivity index (χ2v) is 4.94. The van der Waals surface area contributed by atoms with Crippen LogP contribution in [0.25, 0.3) is 0 Å². The van der Waals surface area contributed by atoms with E-state index in [0.717, 1.165) is 29.3 Å². The van der Waals surface area contributed by atoms with E-state index >= 15 is 0 Å². The van der Waals surface area contributed by atoms with Crippen LogP contribution in [0.2, 0.25) is 0 Å². The predicted octanol–water partition coefficient (Wildman–Crippen LogP) is 3.23. The fourth-order valence-electron chi connectivity index (χ4n) is 2.38. The first-order chi connectivity index (χ1) is 10.2. The summed E-state index contributed by atoms with van der Waals surface area (Å²) in [5, 5.41) is 3.58. The zero-order valence-corrected chi connectivity index (χ0v) is 13.0. The Bertz CT molecular complexity index is 555. The minimum absolute atomic E-state index is 0.180. The van der Waals surface area contributed by atoms with Crippen LogP contribution >= 0.6 is 0 Å². The zero-order chi connectivity index (χ0) is 15.2. The van der Waals surface area contributed by atoms with Gasteiger partial charge in [0, 0.05) is 18.4 Å². The molecule has 0 saturated carbocycles. The molecule has 2 rings (SSSR count). The summed E-state index contributed by atoms with van der Waals surface area (Å²) in [5.74, 6) is 2.45. The van der Waals surface area contributed by atoms with Gasteiger partial charge < -0.3 is 19.8 Å². The highest BCUT2D eigenvalue weighted by atomic mass is 16.5. The van der Waals surface area contributed by atoms with Crippen LogP contribution in [0, 0.1) is 0 Å². The summed E-state index contributed by atoms with van der Waals surface area (Å²) in [6.45, 7) is 4.27. The number of ether oxygens (including phenoxy) is 2. The lowest BCUT2D eigenvalue weighted by Gasteiger charge is -2.22. The van der Waals surface area contributed by atoms with Gasteiger partial charge in [-0.05, 0) is 31.0 Å². The number of hydrogen-bond acceptors (Lipinski definition) is 4. The van der Waals surface area contributed by atoms with E-state index in [0.29, 0.717) is 0 Å². The molecule has 0 aliphatic rings. The molecule has 2 N–H and O–H groups in total. The summed E-state index contributed by atoms with van der Waals surface area (Å²) in [6.07, 6.45) is 4.59. The SMILES string of the molecule is CCC(NC(C)c1ccc(OC)c(OC)c1)c1ncc[nH]1. The molecule has 0 amide bonds. The molecular weight excluding hydrogens is 266 g/mol. The smallest absolute Gasteiger partial charge is 0.161 e. The van der Waals surface area contributed by atoms with E-state index in [1.165, 1.54) is 0 Å². The van der Waals surface area contributed by atoms with Crippen LogP contribution in [0.4, 0.5) is 0 Å². The lowest BCUT2D eigenvalue weighted by molar-refractivity contribution is 0.353. The molecule has 2 atom stereocenters. The standard InChI is InChI=1S/C16H23N3O2/c1-5-13(16-17-8-9-18-16)19-11(2)12-6-7-14(20-3)15(10-12)21-4/h6-11,13,19H,5H2,1-4H3,(H,17,18). The van der Waals surface area contributed by atoms with Gasteiger partial charge in [0.25, 0.3) is 0 Å². The molecule has 2 aromatic rings. The van der Waals surface area contributed by atoms with E-state index in [1.54, 1.807) is 20.4 Å². The second kappa shape index (κ2) is 7.13. The largest absolute Gasteiger partial charge is 0.493 e. The van der Waals surface area contributed by atoms with Gasteiger partial charge in [0.1, 0.15) is 5.82 Å². The molecule has 114 valence electrons. The van der Waals surface area contributed by atoms with Crippen LogP contribution in [-0.2, 0) is 0 Å². The summed E-state index contributed by atoms with van der Waals surface area (Å²) >= 11 is 0. The molecule has 0 spiro atoms. The van der Waals surface area contributed by atoms with Crippen molar-refractivity contribution in [2.45, 2.75) is 32.4 Å². The molecule has 1 aromatic heterocycles. The highest BCUT2D eigenvalue weighted by Crippen LogP contribution is 2.30. The number of benzene rings is 1. The second-order valence-electron chi connectivity index (χ2n) is 4.94. The number of aromatic amines is 1. The van der Waals surface area contributed by atoms with Crippen molar-refractivity contribution >= 4 is 0 Å². The van der Waals surface area contributed by atoms with Crippen molar-refractivity contribution in [3.63, 3.8) is 0 Å². The molecule has 0 bridgehead atoms. The Morgan fingerprint density at radius 3 is 2.57 bits per heavy atom. The highest BCUT2D eigenvalue weighted by Gasteiger charge is 2.16.